The fraction of sp³-hybridized carbons (Fsp3) is 0.333. The van der Waals surface area contributed by atoms with Gasteiger partial charge in [-0.05, 0) is 30.9 Å². The zero-order valence-corrected chi connectivity index (χ0v) is 10.6. The largest absolute Gasteiger partial charge is 0.326 e. The van der Waals surface area contributed by atoms with Gasteiger partial charge in [-0.25, -0.2) is 9.97 Å². The van der Waals surface area contributed by atoms with Crippen molar-refractivity contribution >= 4 is 0 Å². The Labute approximate surface area is 107 Å². The van der Waals surface area contributed by atoms with Gasteiger partial charge in [0.1, 0.15) is 5.82 Å². The summed E-state index contributed by atoms with van der Waals surface area (Å²) in [5.41, 5.74) is 10.6. The van der Waals surface area contributed by atoms with Crippen LogP contribution in [-0.2, 0) is 19.4 Å². The Kier molecular flexibility index (Phi) is 2.84. The molecule has 3 rings (SSSR count). The van der Waals surface area contributed by atoms with Gasteiger partial charge in [0, 0.05) is 29.9 Å². The van der Waals surface area contributed by atoms with Crippen molar-refractivity contribution < 1.29 is 0 Å². The molecule has 0 unspecified atom stereocenters. The number of hydrogen-bond donors (Lipinski definition) is 1. The first kappa shape index (κ1) is 11.4. The molecule has 0 spiro atoms. The average molecular weight is 239 g/mol. The molecule has 0 fully saturated rings. The number of nitrogens with zero attached hydrogens (tertiary/aromatic N) is 2. The van der Waals surface area contributed by atoms with Crippen LogP contribution >= 0.6 is 0 Å². The zero-order chi connectivity index (χ0) is 12.5. The number of nitrogens with two attached hydrogens (primary N) is 1. The van der Waals surface area contributed by atoms with Crippen LogP contribution in [-0.4, -0.2) is 9.97 Å². The number of aromatic nitrogens is 2. The van der Waals surface area contributed by atoms with E-state index in [4.69, 9.17) is 5.73 Å². The van der Waals surface area contributed by atoms with Crippen LogP contribution in [0.1, 0.15) is 34.1 Å². The molecule has 0 amide bonds. The fourth-order valence-corrected chi connectivity index (χ4v) is 2.65. The normalized spacial score (nSPS) is 14.8. The summed E-state index contributed by atoms with van der Waals surface area (Å²) in [6, 6.07) is 8.61. The Morgan fingerprint density at radius 2 is 1.89 bits per heavy atom. The van der Waals surface area contributed by atoms with Crippen LogP contribution in [0.5, 0.6) is 0 Å². The third-order valence-electron chi connectivity index (χ3n) is 3.74. The summed E-state index contributed by atoms with van der Waals surface area (Å²) in [6.07, 6.45) is 3.98. The van der Waals surface area contributed by atoms with E-state index in [1.165, 1.54) is 11.1 Å². The monoisotopic (exact) mass is 239 g/mol. The highest BCUT2D eigenvalue weighted by atomic mass is 14.9. The summed E-state index contributed by atoms with van der Waals surface area (Å²) >= 11 is 0. The van der Waals surface area contributed by atoms with Crippen LogP contribution in [0.3, 0.4) is 0 Å². The third kappa shape index (κ3) is 1.91. The minimum Gasteiger partial charge on any atom is -0.326 e. The molecule has 2 aromatic rings. The zero-order valence-electron chi connectivity index (χ0n) is 10.6. The molecule has 2 N–H and O–H groups in total. The van der Waals surface area contributed by atoms with Gasteiger partial charge in [0.25, 0.3) is 0 Å². The maximum Gasteiger partial charge on any atom is 0.132 e. The van der Waals surface area contributed by atoms with E-state index in [2.05, 4.69) is 34.2 Å². The Morgan fingerprint density at radius 1 is 1.22 bits per heavy atom. The highest BCUT2D eigenvalue weighted by Gasteiger charge is 2.24. The molecule has 0 radical (unpaired) electrons. The van der Waals surface area contributed by atoms with Gasteiger partial charge in [-0.1, -0.05) is 24.3 Å². The predicted octanol–water partition coefficient (Wildman–Crippen LogP) is 2.13. The number of benzene rings is 1. The standard InChI is InChI=1S/C15H17N3/c1-10-14(8-16)9-17-15(18-10)13-6-11-4-2-3-5-12(11)7-13/h2-5,9,13H,6-8,16H2,1H3. The van der Waals surface area contributed by atoms with Crippen molar-refractivity contribution in [1.29, 1.82) is 0 Å². The summed E-state index contributed by atoms with van der Waals surface area (Å²) in [4.78, 5) is 9.10. The molecule has 1 aromatic carbocycles. The second kappa shape index (κ2) is 4.50. The molecule has 1 aromatic heterocycles. The number of aryl methyl sites for hydroxylation is 1. The van der Waals surface area contributed by atoms with Crippen molar-refractivity contribution in [3.8, 4) is 0 Å². The summed E-state index contributed by atoms with van der Waals surface area (Å²) in [7, 11) is 0. The molecular weight excluding hydrogens is 222 g/mol. The molecule has 0 atom stereocenters. The molecule has 18 heavy (non-hydrogen) atoms. The van der Waals surface area contributed by atoms with Crippen LogP contribution in [0.4, 0.5) is 0 Å². The molecule has 92 valence electrons. The first-order chi connectivity index (χ1) is 8.78. The van der Waals surface area contributed by atoms with Gasteiger partial charge in [-0.15, -0.1) is 0 Å². The lowest BCUT2D eigenvalue weighted by Gasteiger charge is -2.10. The van der Waals surface area contributed by atoms with Crippen molar-refractivity contribution in [3.05, 3.63) is 58.7 Å². The second-order valence-electron chi connectivity index (χ2n) is 4.92. The maximum absolute atomic E-state index is 5.64. The quantitative estimate of drug-likeness (QED) is 0.873. The summed E-state index contributed by atoms with van der Waals surface area (Å²) in [5, 5.41) is 0. The van der Waals surface area contributed by atoms with Crippen molar-refractivity contribution in [2.24, 2.45) is 5.73 Å². The maximum atomic E-state index is 5.64. The van der Waals surface area contributed by atoms with E-state index < -0.39 is 0 Å². The van der Waals surface area contributed by atoms with Crippen LogP contribution < -0.4 is 5.73 Å². The molecule has 1 aliphatic carbocycles. The minimum atomic E-state index is 0.424. The highest BCUT2D eigenvalue weighted by Crippen LogP contribution is 2.32. The van der Waals surface area contributed by atoms with Crippen molar-refractivity contribution in [2.75, 3.05) is 0 Å². The van der Waals surface area contributed by atoms with Gasteiger partial charge < -0.3 is 5.73 Å². The molecule has 3 heteroatoms. The number of fused-ring (bicyclic) bond motifs is 1. The Hall–Kier alpha value is -1.74. The summed E-state index contributed by atoms with van der Waals surface area (Å²) in [5.74, 6) is 1.38. The van der Waals surface area contributed by atoms with Crippen molar-refractivity contribution in [1.82, 2.24) is 9.97 Å². The minimum absolute atomic E-state index is 0.424. The lowest BCUT2D eigenvalue weighted by atomic mass is 10.1. The molecular formula is C15H17N3. The lowest BCUT2D eigenvalue weighted by Crippen LogP contribution is -2.09. The van der Waals surface area contributed by atoms with Gasteiger partial charge in [-0.3, -0.25) is 0 Å². The molecule has 0 saturated heterocycles. The predicted molar refractivity (Wildman–Crippen MR) is 71.3 cm³/mol. The Balaban J connectivity index is 1.88. The number of hydrogen-bond acceptors (Lipinski definition) is 3. The van der Waals surface area contributed by atoms with E-state index in [1.807, 2.05) is 13.1 Å². The van der Waals surface area contributed by atoms with E-state index >= 15 is 0 Å². The van der Waals surface area contributed by atoms with Crippen LogP contribution in [0, 0.1) is 6.92 Å². The van der Waals surface area contributed by atoms with E-state index in [0.717, 1.165) is 29.9 Å². The van der Waals surface area contributed by atoms with E-state index in [-0.39, 0.29) is 0 Å². The highest BCUT2D eigenvalue weighted by molar-refractivity contribution is 5.35. The van der Waals surface area contributed by atoms with Gasteiger partial charge in [0.15, 0.2) is 0 Å². The van der Waals surface area contributed by atoms with E-state index in [0.29, 0.717) is 12.5 Å². The summed E-state index contributed by atoms with van der Waals surface area (Å²) < 4.78 is 0. The van der Waals surface area contributed by atoms with Gasteiger partial charge in [-0.2, -0.15) is 0 Å². The van der Waals surface area contributed by atoms with Crippen molar-refractivity contribution in [2.45, 2.75) is 32.2 Å². The molecule has 1 aliphatic rings. The van der Waals surface area contributed by atoms with E-state index in [1.54, 1.807) is 0 Å². The smallest absolute Gasteiger partial charge is 0.132 e. The SMILES string of the molecule is Cc1nc(C2Cc3ccccc3C2)ncc1CN. The summed E-state index contributed by atoms with van der Waals surface area (Å²) in [6.45, 7) is 2.52. The van der Waals surface area contributed by atoms with Crippen LogP contribution in [0.25, 0.3) is 0 Å². The molecule has 0 saturated carbocycles. The van der Waals surface area contributed by atoms with Crippen LogP contribution in [0.15, 0.2) is 30.5 Å². The second-order valence-corrected chi connectivity index (χ2v) is 4.92. The molecule has 0 bridgehead atoms. The van der Waals surface area contributed by atoms with E-state index in [9.17, 15) is 0 Å². The molecule has 1 heterocycles. The first-order valence-electron chi connectivity index (χ1n) is 6.37. The van der Waals surface area contributed by atoms with Crippen molar-refractivity contribution in [3.63, 3.8) is 0 Å². The third-order valence-corrected chi connectivity index (χ3v) is 3.74. The topological polar surface area (TPSA) is 51.8 Å². The van der Waals surface area contributed by atoms with Gasteiger partial charge in [0.2, 0.25) is 0 Å². The van der Waals surface area contributed by atoms with Gasteiger partial charge in [0.05, 0.1) is 0 Å². The van der Waals surface area contributed by atoms with Gasteiger partial charge >= 0.3 is 0 Å². The lowest BCUT2D eigenvalue weighted by molar-refractivity contribution is 0.674. The fourth-order valence-electron chi connectivity index (χ4n) is 2.65. The average Bonchev–Trinajstić information content (AvgIpc) is 2.82. The van der Waals surface area contributed by atoms with Crippen LogP contribution in [0.2, 0.25) is 0 Å². The number of rotatable bonds is 2. The molecule has 3 nitrogen and oxygen atoms in total. The Bertz CT molecular complexity index is 553. The first-order valence-corrected chi connectivity index (χ1v) is 6.37. The molecule has 0 aliphatic heterocycles. The Morgan fingerprint density at radius 3 is 2.44 bits per heavy atom.